The summed E-state index contributed by atoms with van der Waals surface area (Å²) in [6.07, 6.45) is 4.94. The van der Waals surface area contributed by atoms with Crippen molar-refractivity contribution in [1.82, 2.24) is 19.6 Å². The fraction of sp³-hybridized carbons (Fsp3) is 0.273. The highest BCUT2D eigenvalue weighted by Gasteiger charge is 2.23. The van der Waals surface area contributed by atoms with Gasteiger partial charge >= 0.3 is 0 Å². The summed E-state index contributed by atoms with van der Waals surface area (Å²) in [5, 5.41) is 3.28. The fourth-order valence-corrected chi connectivity index (χ4v) is 3.82. The van der Waals surface area contributed by atoms with Crippen LogP contribution in [0.5, 0.6) is 0 Å². The van der Waals surface area contributed by atoms with Crippen LogP contribution in [0.4, 0.5) is 4.39 Å². The first-order valence-electron chi connectivity index (χ1n) is 9.77. The Morgan fingerprint density at radius 3 is 2.77 bits per heavy atom. The molecule has 0 radical (unpaired) electrons. The van der Waals surface area contributed by atoms with Gasteiger partial charge in [-0.3, -0.25) is 14.1 Å². The molecular weight excluding hydrogens is 407 g/mol. The molecule has 30 heavy (non-hydrogen) atoms. The quantitative estimate of drug-likeness (QED) is 0.612. The number of amides is 1. The van der Waals surface area contributed by atoms with Crippen molar-refractivity contribution < 1.29 is 13.9 Å². The minimum absolute atomic E-state index is 0.0637. The van der Waals surface area contributed by atoms with E-state index >= 15 is 0 Å². The number of rotatable bonds is 6. The second-order valence-corrected chi connectivity index (χ2v) is 7.37. The number of hydrogen-bond donors (Lipinski definition) is 1. The van der Waals surface area contributed by atoms with Crippen LogP contribution in [0.1, 0.15) is 17.3 Å². The van der Waals surface area contributed by atoms with Crippen LogP contribution >= 0.6 is 11.6 Å². The Bertz CT molecular complexity index is 1040. The molecule has 0 bridgehead atoms. The average molecular weight is 429 g/mol. The first kappa shape index (κ1) is 20.5. The van der Waals surface area contributed by atoms with E-state index in [1.165, 1.54) is 18.2 Å². The molecule has 1 aliphatic heterocycles. The van der Waals surface area contributed by atoms with E-state index in [1.807, 2.05) is 28.8 Å². The van der Waals surface area contributed by atoms with Gasteiger partial charge in [-0.1, -0.05) is 29.8 Å². The number of benzene rings is 1. The van der Waals surface area contributed by atoms with Crippen molar-refractivity contribution in [2.75, 3.05) is 32.8 Å². The Morgan fingerprint density at radius 1 is 1.23 bits per heavy atom. The van der Waals surface area contributed by atoms with Gasteiger partial charge in [0.2, 0.25) is 5.91 Å². The zero-order chi connectivity index (χ0) is 20.9. The summed E-state index contributed by atoms with van der Waals surface area (Å²) in [7, 11) is 0. The van der Waals surface area contributed by atoms with E-state index in [9.17, 15) is 9.18 Å². The Hall–Kier alpha value is -2.74. The van der Waals surface area contributed by atoms with E-state index in [0.29, 0.717) is 36.3 Å². The molecule has 4 rings (SSSR count). The van der Waals surface area contributed by atoms with Gasteiger partial charge in [-0.2, -0.15) is 0 Å². The van der Waals surface area contributed by atoms with Gasteiger partial charge in [0, 0.05) is 31.9 Å². The van der Waals surface area contributed by atoms with E-state index in [2.05, 4.69) is 15.2 Å². The summed E-state index contributed by atoms with van der Waals surface area (Å²) in [6, 6.07) is 11.9. The number of carbonyl (C=O) groups is 1. The highest BCUT2D eigenvalue weighted by atomic mass is 35.5. The lowest BCUT2D eigenvalue weighted by Gasteiger charge is -2.34. The average Bonchev–Trinajstić information content (AvgIpc) is 3.09. The number of nitrogens with zero attached hydrogens (tertiary/aromatic N) is 3. The van der Waals surface area contributed by atoms with Crippen LogP contribution in [0.15, 0.2) is 54.7 Å². The van der Waals surface area contributed by atoms with Gasteiger partial charge in [-0.05, 0) is 35.9 Å². The number of ether oxygens (including phenoxy) is 1. The zero-order valence-corrected chi connectivity index (χ0v) is 17.1. The first-order chi connectivity index (χ1) is 14.6. The lowest BCUT2D eigenvalue weighted by Crippen LogP contribution is -2.43. The van der Waals surface area contributed by atoms with Crippen molar-refractivity contribution in [1.29, 1.82) is 0 Å². The zero-order valence-electron chi connectivity index (χ0n) is 16.3. The molecule has 1 unspecified atom stereocenters. The smallest absolute Gasteiger partial charge is 0.244 e. The third-order valence-corrected chi connectivity index (χ3v) is 5.40. The van der Waals surface area contributed by atoms with E-state index < -0.39 is 0 Å². The van der Waals surface area contributed by atoms with Gasteiger partial charge in [0.1, 0.15) is 11.5 Å². The summed E-state index contributed by atoms with van der Waals surface area (Å²) in [4.78, 5) is 19.0. The summed E-state index contributed by atoms with van der Waals surface area (Å²) < 4.78 is 20.6. The highest BCUT2D eigenvalue weighted by Crippen LogP contribution is 2.22. The molecule has 1 aromatic carbocycles. The van der Waals surface area contributed by atoms with Crippen LogP contribution in [-0.4, -0.2) is 53.0 Å². The van der Waals surface area contributed by atoms with Crippen molar-refractivity contribution in [2.45, 2.75) is 6.04 Å². The third kappa shape index (κ3) is 4.70. The van der Waals surface area contributed by atoms with Gasteiger partial charge in [-0.15, -0.1) is 0 Å². The first-order valence-corrected chi connectivity index (χ1v) is 10.2. The van der Waals surface area contributed by atoms with Crippen LogP contribution in [0, 0.1) is 5.82 Å². The van der Waals surface area contributed by atoms with E-state index in [0.717, 1.165) is 18.7 Å². The number of carbonyl (C=O) groups excluding carboxylic acids is 1. The Balaban J connectivity index is 1.46. The molecule has 0 saturated carbocycles. The molecule has 0 aliphatic carbocycles. The number of imidazole rings is 1. The largest absolute Gasteiger partial charge is 0.379 e. The van der Waals surface area contributed by atoms with Crippen molar-refractivity contribution in [3.63, 3.8) is 0 Å². The van der Waals surface area contributed by atoms with Gasteiger partial charge < -0.3 is 10.1 Å². The standard InChI is InChI=1S/C22H22ClFN4O2/c23-22-18(28-10-2-1-3-20(28)26-22)8-9-21(29)25-15-19(27-11-13-30-14-12-27)16-4-6-17(24)7-5-16/h1-10,19H,11-15H2,(H,25,29)/b9-8+. The maximum absolute atomic E-state index is 13.4. The summed E-state index contributed by atoms with van der Waals surface area (Å²) >= 11 is 6.21. The molecule has 3 heterocycles. The predicted octanol–water partition coefficient (Wildman–Crippen LogP) is 3.33. The molecule has 1 N–H and O–H groups in total. The molecule has 1 atom stereocenters. The number of hydrogen-bond acceptors (Lipinski definition) is 4. The third-order valence-electron chi connectivity index (χ3n) is 5.13. The minimum atomic E-state index is -0.281. The number of fused-ring (bicyclic) bond motifs is 1. The van der Waals surface area contributed by atoms with Crippen LogP contribution in [0.3, 0.4) is 0 Å². The molecule has 3 aromatic rings. The molecule has 1 fully saturated rings. The maximum Gasteiger partial charge on any atom is 0.244 e. The molecule has 0 spiro atoms. The second-order valence-electron chi connectivity index (χ2n) is 7.01. The second kappa shape index (κ2) is 9.38. The lowest BCUT2D eigenvalue weighted by atomic mass is 10.0. The van der Waals surface area contributed by atoms with Crippen molar-refractivity contribution in [3.8, 4) is 0 Å². The Kier molecular flexibility index (Phi) is 6.42. The van der Waals surface area contributed by atoms with Crippen LogP contribution in [0.25, 0.3) is 11.7 Å². The van der Waals surface area contributed by atoms with Gasteiger partial charge in [0.25, 0.3) is 0 Å². The predicted molar refractivity (Wildman–Crippen MR) is 114 cm³/mol. The summed E-state index contributed by atoms with van der Waals surface area (Å²) in [6.45, 7) is 3.18. The summed E-state index contributed by atoms with van der Waals surface area (Å²) in [5.74, 6) is -0.520. The maximum atomic E-state index is 13.4. The van der Waals surface area contributed by atoms with Crippen LogP contribution in [-0.2, 0) is 9.53 Å². The minimum Gasteiger partial charge on any atom is -0.379 e. The van der Waals surface area contributed by atoms with E-state index in [4.69, 9.17) is 16.3 Å². The molecular formula is C22H22ClFN4O2. The molecule has 1 aliphatic rings. The van der Waals surface area contributed by atoms with Crippen LogP contribution < -0.4 is 5.32 Å². The number of halogens is 2. The monoisotopic (exact) mass is 428 g/mol. The van der Waals surface area contributed by atoms with E-state index in [-0.39, 0.29) is 17.8 Å². The lowest BCUT2D eigenvalue weighted by molar-refractivity contribution is -0.116. The Morgan fingerprint density at radius 2 is 2.00 bits per heavy atom. The van der Waals surface area contributed by atoms with Gasteiger partial charge in [0.05, 0.1) is 24.9 Å². The topological polar surface area (TPSA) is 58.9 Å². The number of pyridine rings is 1. The molecule has 1 amide bonds. The molecule has 156 valence electrons. The number of morpholine rings is 1. The summed E-state index contributed by atoms with van der Waals surface area (Å²) in [5.41, 5.74) is 2.31. The van der Waals surface area contributed by atoms with Gasteiger partial charge in [0.15, 0.2) is 5.15 Å². The fourth-order valence-electron chi connectivity index (χ4n) is 3.58. The molecule has 8 heteroatoms. The Labute approximate surface area is 178 Å². The molecule has 6 nitrogen and oxygen atoms in total. The molecule has 2 aromatic heterocycles. The van der Waals surface area contributed by atoms with Crippen molar-refractivity contribution in [2.24, 2.45) is 0 Å². The van der Waals surface area contributed by atoms with Crippen molar-refractivity contribution >= 4 is 29.2 Å². The normalized spacial score (nSPS) is 16.2. The number of nitrogens with one attached hydrogen (secondary N) is 1. The van der Waals surface area contributed by atoms with Crippen molar-refractivity contribution in [3.05, 3.63) is 77.0 Å². The highest BCUT2D eigenvalue weighted by molar-refractivity contribution is 6.31. The molecule has 1 saturated heterocycles. The van der Waals surface area contributed by atoms with E-state index in [1.54, 1.807) is 18.2 Å². The van der Waals surface area contributed by atoms with Crippen LogP contribution in [0.2, 0.25) is 5.15 Å². The van der Waals surface area contributed by atoms with Gasteiger partial charge in [-0.25, -0.2) is 9.37 Å². The number of aromatic nitrogens is 2. The SMILES string of the molecule is O=C(/C=C/c1c(Cl)nc2ccccn12)NCC(c1ccc(F)cc1)N1CCOCC1.